The molecule has 7 heteroatoms. The zero-order valence-electron chi connectivity index (χ0n) is 9.48. The fraction of sp³-hybridized carbons (Fsp3) is 0.500. The number of aromatic nitrogens is 2. The van der Waals surface area contributed by atoms with Gasteiger partial charge in [0.25, 0.3) is 0 Å². The lowest BCUT2D eigenvalue weighted by Gasteiger charge is -2.34. The number of amides is 1. The first kappa shape index (κ1) is 12.3. The Morgan fingerprint density at radius 1 is 1.59 bits per heavy atom. The fourth-order valence-electron chi connectivity index (χ4n) is 1.80. The Hall–Kier alpha value is -1.21. The van der Waals surface area contributed by atoms with Gasteiger partial charge in [0, 0.05) is 39.1 Å². The topological polar surface area (TPSA) is 70.2 Å². The Morgan fingerprint density at radius 3 is 2.94 bits per heavy atom. The first-order valence-electron chi connectivity index (χ1n) is 5.39. The molecule has 1 aliphatic rings. The number of hydrogen-bond donors (Lipinski definition) is 2. The van der Waals surface area contributed by atoms with Gasteiger partial charge in [-0.3, -0.25) is 4.79 Å². The molecule has 1 aromatic rings. The minimum Gasteiger partial charge on any atom is -0.357 e. The van der Waals surface area contributed by atoms with E-state index in [0.717, 1.165) is 17.6 Å². The molecule has 6 nitrogen and oxygen atoms in total. The second-order valence-corrected chi connectivity index (χ2v) is 4.64. The number of rotatable bonds is 2. The first-order chi connectivity index (χ1) is 8.22. The van der Waals surface area contributed by atoms with Crippen molar-refractivity contribution >= 4 is 27.8 Å². The van der Waals surface area contributed by atoms with Gasteiger partial charge in [-0.25, -0.2) is 9.97 Å². The number of halogens is 1. The Labute approximate surface area is 108 Å². The van der Waals surface area contributed by atoms with Crippen LogP contribution in [0.4, 0.5) is 5.95 Å². The molecule has 0 bridgehead atoms. The Kier molecular flexibility index (Phi) is 3.90. The van der Waals surface area contributed by atoms with E-state index in [9.17, 15) is 4.79 Å². The first-order valence-corrected chi connectivity index (χ1v) is 6.18. The van der Waals surface area contributed by atoms with Crippen LogP contribution < -0.4 is 15.5 Å². The smallest absolute Gasteiger partial charge is 0.243 e. The summed E-state index contributed by atoms with van der Waals surface area (Å²) in [5, 5.41) is 5.85. The summed E-state index contributed by atoms with van der Waals surface area (Å²) in [6.07, 6.45) is 3.37. The van der Waals surface area contributed by atoms with Crippen LogP contribution in [-0.2, 0) is 4.79 Å². The van der Waals surface area contributed by atoms with Gasteiger partial charge in [0.05, 0.1) is 4.47 Å². The van der Waals surface area contributed by atoms with Crippen LogP contribution in [0.5, 0.6) is 0 Å². The molecule has 0 radical (unpaired) electrons. The zero-order chi connectivity index (χ0) is 12.3. The van der Waals surface area contributed by atoms with Crippen LogP contribution in [0.1, 0.15) is 0 Å². The Bertz CT molecular complexity index is 396. The van der Waals surface area contributed by atoms with Crippen LogP contribution in [0, 0.1) is 0 Å². The highest BCUT2D eigenvalue weighted by molar-refractivity contribution is 9.10. The van der Waals surface area contributed by atoms with E-state index in [0.29, 0.717) is 12.5 Å². The molecule has 2 heterocycles. The van der Waals surface area contributed by atoms with Crippen molar-refractivity contribution in [2.45, 2.75) is 6.04 Å². The SMILES string of the molecule is CNC(=O)C1CNCCN1c1ncc(Br)cn1. The van der Waals surface area contributed by atoms with Gasteiger partial charge in [0.1, 0.15) is 6.04 Å². The van der Waals surface area contributed by atoms with E-state index < -0.39 is 0 Å². The molecule has 1 fully saturated rings. The summed E-state index contributed by atoms with van der Waals surface area (Å²) in [6.45, 7) is 2.16. The molecule has 2 rings (SSSR count). The summed E-state index contributed by atoms with van der Waals surface area (Å²) in [5.74, 6) is 0.562. The molecule has 0 spiro atoms. The van der Waals surface area contributed by atoms with Crippen LogP contribution >= 0.6 is 15.9 Å². The molecule has 0 saturated carbocycles. The lowest BCUT2D eigenvalue weighted by Crippen LogP contribution is -2.58. The highest BCUT2D eigenvalue weighted by Crippen LogP contribution is 2.15. The average Bonchev–Trinajstić information content (AvgIpc) is 2.39. The molecular formula is C10H14BrN5O. The summed E-state index contributed by atoms with van der Waals surface area (Å²) in [5.41, 5.74) is 0. The normalized spacial score (nSPS) is 20.1. The van der Waals surface area contributed by atoms with Gasteiger partial charge in [-0.1, -0.05) is 0 Å². The van der Waals surface area contributed by atoms with Gasteiger partial charge in [0.2, 0.25) is 11.9 Å². The lowest BCUT2D eigenvalue weighted by molar-refractivity contribution is -0.122. The van der Waals surface area contributed by atoms with Crippen molar-refractivity contribution in [3.63, 3.8) is 0 Å². The summed E-state index contributed by atoms with van der Waals surface area (Å²) >= 11 is 3.29. The third kappa shape index (κ3) is 2.73. The quantitative estimate of drug-likeness (QED) is 0.789. The highest BCUT2D eigenvalue weighted by atomic mass is 79.9. The van der Waals surface area contributed by atoms with Crippen molar-refractivity contribution in [1.82, 2.24) is 20.6 Å². The monoisotopic (exact) mass is 299 g/mol. The molecule has 1 aromatic heterocycles. The summed E-state index contributed by atoms with van der Waals surface area (Å²) in [7, 11) is 1.64. The molecule has 1 amide bonds. The highest BCUT2D eigenvalue weighted by Gasteiger charge is 2.29. The molecule has 1 unspecified atom stereocenters. The number of carbonyl (C=O) groups is 1. The van der Waals surface area contributed by atoms with E-state index in [1.165, 1.54) is 0 Å². The number of anilines is 1. The second kappa shape index (κ2) is 5.42. The maximum absolute atomic E-state index is 11.8. The van der Waals surface area contributed by atoms with Gasteiger partial charge in [-0.2, -0.15) is 0 Å². The van der Waals surface area contributed by atoms with Crippen LogP contribution in [-0.4, -0.2) is 48.6 Å². The molecule has 1 saturated heterocycles. The number of piperazine rings is 1. The molecule has 2 N–H and O–H groups in total. The molecule has 0 aromatic carbocycles. The molecule has 1 atom stereocenters. The molecule has 1 aliphatic heterocycles. The molecule has 17 heavy (non-hydrogen) atoms. The predicted molar refractivity (Wildman–Crippen MR) is 67.8 cm³/mol. The van der Waals surface area contributed by atoms with Crippen molar-refractivity contribution in [2.75, 3.05) is 31.6 Å². The fourth-order valence-corrected chi connectivity index (χ4v) is 2.00. The van der Waals surface area contributed by atoms with Crippen LogP contribution in [0.2, 0.25) is 0 Å². The van der Waals surface area contributed by atoms with Crippen molar-refractivity contribution in [1.29, 1.82) is 0 Å². The van der Waals surface area contributed by atoms with Crippen LogP contribution in [0.25, 0.3) is 0 Å². The predicted octanol–water partition coefficient (Wildman–Crippen LogP) is -0.237. The average molecular weight is 300 g/mol. The summed E-state index contributed by atoms with van der Waals surface area (Å²) in [6, 6.07) is -0.255. The van der Waals surface area contributed by atoms with Crippen molar-refractivity contribution in [3.8, 4) is 0 Å². The third-order valence-electron chi connectivity index (χ3n) is 2.66. The van der Waals surface area contributed by atoms with Crippen LogP contribution in [0.15, 0.2) is 16.9 Å². The van der Waals surface area contributed by atoms with Gasteiger partial charge in [-0.15, -0.1) is 0 Å². The van der Waals surface area contributed by atoms with E-state index in [2.05, 4.69) is 36.5 Å². The minimum absolute atomic E-state index is 0.0243. The third-order valence-corrected chi connectivity index (χ3v) is 3.07. The molecule has 0 aliphatic carbocycles. The number of hydrogen-bond acceptors (Lipinski definition) is 5. The van der Waals surface area contributed by atoms with E-state index in [-0.39, 0.29) is 11.9 Å². The molecule has 92 valence electrons. The van der Waals surface area contributed by atoms with E-state index in [4.69, 9.17) is 0 Å². The standard InChI is InChI=1S/C10H14BrN5O/c1-12-9(17)8-6-13-2-3-16(8)10-14-4-7(11)5-15-10/h4-5,8,13H,2-3,6H2,1H3,(H,12,17). The number of likely N-dealkylation sites (N-methyl/N-ethyl adjacent to an activating group) is 1. The lowest BCUT2D eigenvalue weighted by atomic mass is 10.2. The number of nitrogens with one attached hydrogen (secondary N) is 2. The largest absolute Gasteiger partial charge is 0.357 e. The van der Waals surface area contributed by atoms with Gasteiger partial charge in [-0.05, 0) is 15.9 Å². The minimum atomic E-state index is -0.255. The van der Waals surface area contributed by atoms with E-state index >= 15 is 0 Å². The van der Waals surface area contributed by atoms with Gasteiger partial charge >= 0.3 is 0 Å². The summed E-state index contributed by atoms with van der Waals surface area (Å²) in [4.78, 5) is 22.1. The number of nitrogens with zero attached hydrogens (tertiary/aromatic N) is 3. The van der Waals surface area contributed by atoms with Crippen molar-refractivity contribution < 1.29 is 4.79 Å². The summed E-state index contributed by atoms with van der Waals surface area (Å²) < 4.78 is 0.827. The second-order valence-electron chi connectivity index (χ2n) is 3.73. The van der Waals surface area contributed by atoms with Crippen molar-refractivity contribution in [3.05, 3.63) is 16.9 Å². The van der Waals surface area contributed by atoms with Crippen LogP contribution in [0.3, 0.4) is 0 Å². The Morgan fingerprint density at radius 2 is 2.29 bits per heavy atom. The maximum Gasteiger partial charge on any atom is 0.243 e. The van der Waals surface area contributed by atoms with Gasteiger partial charge < -0.3 is 15.5 Å². The maximum atomic E-state index is 11.8. The zero-order valence-corrected chi connectivity index (χ0v) is 11.1. The molecular weight excluding hydrogens is 286 g/mol. The van der Waals surface area contributed by atoms with Crippen molar-refractivity contribution in [2.24, 2.45) is 0 Å². The number of carbonyl (C=O) groups excluding carboxylic acids is 1. The Balaban J connectivity index is 2.21. The van der Waals surface area contributed by atoms with Gasteiger partial charge in [0.15, 0.2) is 0 Å². The van der Waals surface area contributed by atoms with E-state index in [1.807, 2.05) is 4.90 Å². The van der Waals surface area contributed by atoms with E-state index in [1.54, 1.807) is 19.4 Å².